The van der Waals surface area contributed by atoms with Gasteiger partial charge in [0, 0.05) is 31.2 Å². The van der Waals surface area contributed by atoms with Gasteiger partial charge in [0.15, 0.2) is 5.96 Å². The monoisotopic (exact) mass is 438 g/mol. The lowest BCUT2D eigenvalue weighted by atomic mass is 10.1. The number of nitrogens with zero attached hydrogens (tertiary/aromatic N) is 1. The molecule has 1 amide bonds. The molecule has 2 rings (SSSR count). The molecule has 0 radical (unpaired) electrons. The van der Waals surface area contributed by atoms with Crippen molar-refractivity contribution in [1.29, 1.82) is 0 Å². The van der Waals surface area contributed by atoms with Crippen LogP contribution < -0.4 is 16.0 Å². The summed E-state index contributed by atoms with van der Waals surface area (Å²) < 4.78 is 52.7. The molecular weight excluding hydrogens is 412 g/mol. The first kappa shape index (κ1) is 24.2. The van der Waals surface area contributed by atoms with Crippen LogP contribution in [0.2, 0.25) is 0 Å². The number of nitrogens with one attached hydrogen (secondary N) is 3. The summed E-state index contributed by atoms with van der Waals surface area (Å²) in [5.74, 6) is -0.885. The maximum Gasteiger partial charge on any atom is 0.416 e. The van der Waals surface area contributed by atoms with E-state index in [0.29, 0.717) is 18.2 Å². The molecule has 0 spiro atoms. The van der Waals surface area contributed by atoms with E-state index in [9.17, 15) is 22.4 Å². The second-order valence-electron chi connectivity index (χ2n) is 7.98. The van der Waals surface area contributed by atoms with E-state index in [1.54, 1.807) is 18.2 Å². The quantitative estimate of drug-likeness (QED) is 0.372. The Morgan fingerprint density at radius 2 is 1.68 bits per heavy atom. The number of hydrogen-bond acceptors (Lipinski definition) is 2. The summed E-state index contributed by atoms with van der Waals surface area (Å²) in [6.45, 7) is 5.76. The number of amides is 1. The number of halogens is 4. The summed E-state index contributed by atoms with van der Waals surface area (Å²) >= 11 is 0. The molecule has 0 fully saturated rings. The lowest BCUT2D eigenvalue weighted by molar-refractivity contribution is -0.138. The number of carbonyl (C=O) groups is 1. The van der Waals surface area contributed by atoms with Gasteiger partial charge in [-0.3, -0.25) is 9.79 Å². The molecule has 9 heteroatoms. The minimum Gasteiger partial charge on any atom is -0.352 e. The fourth-order valence-corrected chi connectivity index (χ4v) is 2.79. The molecule has 3 N–H and O–H groups in total. The first-order chi connectivity index (χ1) is 14.4. The average molecular weight is 438 g/mol. The van der Waals surface area contributed by atoms with Gasteiger partial charge >= 0.3 is 6.18 Å². The Labute approximate surface area is 179 Å². The van der Waals surface area contributed by atoms with Crippen LogP contribution in [-0.4, -0.2) is 24.5 Å². The highest BCUT2D eigenvalue weighted by Crippen LogP contribution is 2.32. The van der Waals surface area contributed by atoms with Crippen LogP contribution in [0.25, 0.3) is 0 Å². The zero-order valence-corrected chi connectivity index (χ0v) is 17.8. The SMILES string of the molecule is CN=C(NCc1cccc(C(=O)NC(C)(C)C)c1)NCc1ccc(F)cc1C(F)(F)F. The van der Waals surface area contributed by atoms with Gasteiger partial charge in [0.2, 0.25) is 0 Å². The van der Waals surface area contributed by atoms with Crippen molar-refractivity contribution in [3.05, 3.63) is 70.5 Å². The van der Waals surface area contributed by atoms with E-state index in [-0.39, 0.29) is 29.5 Å². The molecule has 5 nitrogen and oxygen atoms in total. The second-order valence-corrected chi connectivity index (χ2v) is 7.98. The van der Waals surface area contributed by atoms with Gasteiger partial charge in [0.1, 0.15) is 5.82 Å². The molecule has 0 aliphatic heterocycles. The molecule has 0 aliphatic carbocycles. The van der Waals surface area contributed by atoms with Crippen molar-refractivity contribution in [2.45, 2.75) is 45.6 Å². The molecule has 2 aromatic rings. The maximum absolute atomic E-state index is 13.2. The van der Waals surface area contributed by atoms with E-state index in [0.717, 1.165) is 17.7 Å². The Balaban J connectivity index is 2.02. The molecule has 168 valence electrons. The number of carbonyl (C=O) groups excluding carboxylic acids is 1. The van der Waals surface area contributed by atoms with Gasteiger partial charge in [-0.1, -0.05) is 18.2 Å². The van der Waals surface area contributed by atoms with Crippen LogP contribution in [0.1, 0.15) is 47.8 Å². The zero-order valence-electron chi connectivity index (χ0n) is 17.8. The lowest BCUT2D eigenvalue weighted by Crippen LogP contribution is -2.40. The van der Waals surface area contributed by atoms with Crippen LogP contribution in [0, 0.1) is 5.82 Å². The zero-order chi connectivity index (χ0) is 23.2. The molecule has 0 atom stereocenters. The maximum atomic E-state index is 13.2. The summed E-state index contributed by atoms with van der Waals surface area (Å²) in [5.41, 5.74) is -0.210. The fourth-order valence-electron chi connectivity index (χ4n) is 2.79. The largest absolute Gasteiger partial charge is 0.416 e. The molecule has 0 aromatic heterocycles. The molecule has 31 heavy (non-hydrogen) atoms. The van der Waals surface area contributed by atoms with Crippen LogP contribution in [0.15, 0.2) is 47.5 Å². The van der Waals surface area contributed by atoms with Crippen molar-refractivity contribution in [3.8, 4) is 0 Å². The topological polar surface area (TPSA) is 65.5 Å². The molecule has 0 unspecified atom stereocenters. The number of rotatable bonds is 5. The van der Waals surface area contributed by atoms with E-state index in [1.165, 1.54) is 7.05 Å². The summed E-state index contributed by atoms with van der Waals surface area (Å²) in [4.78, 5) is 16.3. The number of hydrogen-bond donors (Lipinski definition) is 3. The Morgan fingerprint density at radius 3 is 2.29 bits per heavy atom. The molecular formula is C22H26F4N4O. The number of guanidine groups is 1. The van der Waals surface area contributed by atoms with Gasteiger partial charge in [0.05, 0.1) is 5.56 Å². The van der Waals surface area contributed by atoms with E-state index in [2.05, 4.69) is 20.9 Å². The van der Waals surface area contributed by atoms with Crippen molar-refractivity contribution in [3.63, 3.8) is 0 Å². The van der Waals surface area contributed by atoms with Crippen molar-refractivity contribution in [2.24, 2.45) is 4.99 Å². The number of aliphatic imine (C=N–C) groups is 1. The van der Waals surface area contributed by atoms with E-state index in [1.807, 2.05) is 26.8 Å². The van der Waals surface area contributed by atoms with Gasteiger partial charge in [0.25, 0.3) is 5.91 Å². The van der Waals surface area contributed by atoms with Crippen molar-refractivity contribution in [1.82, 2.24) is 16.0 Å². The minimum absolute atomic E-state index is 0.0994. The van der Waals surface area contributed by atoms with E-state index < -0.39 is 17.6 Å². The van der Waals surface area contributed by atoms with E-state index in [4.69, 9.17) is 0 Å². The van der Waals surface area contributed by atoms with Gasteiger partial charge < -0.3 is 16.0 Å². The van der Waals surface area contributed by atoms with Crippen LogP contribution in [0.3, 0.4) is 0 Å². The van der Waals surface area contributed by atoms with Crippen LogP contribution in [0.5, 0.6) is 0 Å². The first-order valence-electron chi connectivity index (χ1n) is 9.60. The Hall–Kier alpha value is -3.10. The lowest BCUT2D eigenvalue weighted by Gasteiger charge is -2.20. The molecule has 0 saturated carbocycles. The van der Waals surface area contributed by atoms with Crippen LogP contribution in [0.4, 0.5) is 17.6 Å². The van der Waals surface area contributed by atoms with Crippen LogP contribution >= 0.6 is 0 Å². The van der Waals surface area contributed by atoms with Crippen molar-refractivity contribution >= 4 is 11.9 Å². The van der Waals surface area contributed by atoms with Gasteiger partial charge in [-0.2, -0.15) is 13.2 Å². The van der Waals surface area contributed by atoms with Crippen LogP contribution in [-0.2, 0) is 19.3 Å². The number of alkyl halides is 3. The summed E-state index contributed by atoms with van der Waals surface area (Å²) in [6.07, 6.45) is -4.66. The highest BCUT2D eigenvalue weighted by molar-refractivity contribution is 5.94. The molecule has 0 bridgehead atoms. The summed E-state index contributed by atoms with van der Waals surface area (Å²) in [5, 5.41) is 8.67. The minimum atomic E-state index is -4.66. The average Bonchev–Trinajstić information content (AvgIpc) is 2.67. The molecule has 0 aliphatic rings. The first-order valence-corrected chi connectivity index (χ1v) is 9.60. The van der Waals surface area contributed by atoms with Crippen molar-refractivity contribution in [2.75, 3.05) is 7.05 Å². The highest BCUT2D eigenvalue weighted by Gasteiger charge is 2.33. The Kier molecular flexibility index (Phi) is 7.65. The third kappa shape index (κ3) is 7.58. The van der Waals surface area contributed by atoms with Gasteiger partial charge in [-0.25, -0.2) is 4.39 Å². The normalized spacial score (nSPS) is 12.5. The smallest absolute Gasteiger partial charge is 0.352 e. The standard InChI is InChI=1S/C22H26F4N4O/c1-21(2,3)30-19(31)15-7-5-6-14(10-15)12-28-20(27-4)29-13-16-8-9-17(23)11-18(16)22(24,25)26/h5-11H,12-13H2,1-4H3,(H,30,31)(H2,27,28,29). The number of benzene rings is 2. The molecule has 0 saturated heterocycles. The summed E-state index contributed by atoms with van der Waals surface area (Å²) in [7, 11) is 1.48. The third-order valence-electron chi connectivity index (χ3n) is 4.18. The van der Waals surface area contributed by atoms with Gasteiger partial charge in [-0.05, 0) is 56.2 Å². The van der Waals surface area contributed by atoms with Crippen molar-refractivity contribution < 1.29 is 22.4 Å². The predicted octanol–water partition coefficient (Wildman–Crippen LogP) is 4.24. The Morgan fingerprint density at radius 1 is 1.00 bits per heavy atom. The third-order valence-corrected chi connectivity index (χ3v) is 4.18. The second kappa shape index (κ2) is 9.80. The predicted molar refractivity (Wildman–Crippen MR) is 112 cm³/mol. The summed E-state index contributed by atoms with van der Waals surface area (Å²) in [6, 6.07) is 9.54. The van der Waals surface area contributed by atoms with E-state index >= 15 is 0 Å². The molecule has 0 heterocycles. The Bertz CT molecular complexity index is 949. The molecule has 2 aromatic carbocycles. The highest BCUT2D eigenvalue weighted by atomic mass is 19.4. The van der Waals surface area contributed by atoms with Gasteiger partial charge in [-0.15, -0.1) is 0 Å². The fraction of sp³-hybridized carbons (Fsp3) is 0.364.